The van der Waals surface area contributed by atoms with Crippen molar-refractivity contribution >= 4 is 52.9 Å². The average molecular weight is 481 g/mol. The van der Waals surface area contributed by atoms with Crippen molar-refractivity contribution in [2.45, 2.75) is 4.90 Å². The molecule has 0 fully saturated rings. The summed E-state index contributed by atoms with van der Waals surface area (Å²) < 4.78 is 4.63. The van der Waals surface area contributed by atoms with Crippen LogP contribution in [-0.2, 0) is 14.3 Å². The number of rotatable bonds is 8. The van der Waals surface area contributed by atoms with E-state index in [-0.39, 0.29) is 17.4 Å². The van der Waals surface area contributed by atoms with Crippen LogP contribution in [0.5, 0.6) is 0 Å². The number of benzene rings is 3. The summed E-state index contributed by atoms with van der Waals surface area (Å²) in [6.45, 7) is 0. The Morgan fingerprint density at radius 2 is 1.61 bits per heavy atom. The normalized spacial score (nSPS) is 10.9. The van der Waals surface area contributed by atoms with Crippen molar-refractivity contribution in [2.75, 3.05) is 18.2 Å². The predicted molar refractivity (Wildman–Crippen MR) is 131 cm³/mol. The smallest absolute Gasteiger partial charge is 0.315 e. The van der Waals surface area contributed by atoms with Gasteiger partial charge in [0.2, 0.25) is 0 Å². The molecule has 0 aliphatic heterocycles. The first-order valence-corrected chi connectivity index (χ1v) is 11.3. The van der Waals surface area contributed by atoms with E-state index in [1.165, 1.54) is 24.9 Å². The van der Waals surface area contributed by atoms with Gasteiger partial charge in [0.25, 0.3) is 11.8 Å². The third-order valence-corrected chi connectivity index (χ3v) is 5.76. The number of hydrogen-bond acceptors (Lipinski definition) is 5. The topological polar surface area (TPSA) is 84.5 Å². The number of esters is 1. The van der Waals surface area contributed by atoms with Crippen molar-refractivity contribution in [3.8, 4) is 0 Å². The van der Waals surface area contributed by atoms with Crippen LogP contribution in [-0.4, -0.2) is 30.6 Å². The van der Waals surface area contributed by atoms with Gasteiger partial charge in [-0.3, -0.25) is 14.4 Å². The van der Waals surface area contributed by atoms with Crippen LogP contribution in [0.2, 0.25) is 5.02 Å². The highest BCUT2D eigenvalue weighted by Gasteiger charge is 2.16. The number of carbonyl (C=O) groups excluding carboxylic acids is 3. The molecule has 0 spiro atoms. The summed E-state index contributed by atoms with van der Waals surface area (Å²) in [6, 6.07) is 22.6. The van der Waals surface area contributed by atoms with Crippen molar-refractivity contribution in [1.82, 2.24) is 5.32 Å². The summed E-state index contributed by atoms with van der Waals surface area (Å²) in [6.07, 6.45) is 1.53. The van der Waals surface area contributed by atoms with Crippen LogP contribution in [0.25, 0.3) is 6.08 Å². The Morgan fingerprint density at radius 1 is 0.939 bits per heavy atom. The molecule has 0 bridgehead atoms. The van der Waals surface area contributed by atoms with E-state index in [2.05, 4.69) is 15.4 Å². The SMILES string of the molecule is COC(=O)CSc1ccc(NC(=O)/C(=C/c2ccccc2Cl)NC(=O)c2ccccc2)cc1. The molecule has 0 radical (unpaired) electrons. The van der Waals surface area contributed by atoms with Gasteiger partial charge < -0.3 is 15.4 Å². The van der Waals surface area contributed by atoms with Gasteiger partial charge in [-0.25, -0.2) is 0 Å². The third-order valence-electron chi connectivity index (χ3n) is 4.43. The van der Waals surface area contributed by atoms with E-state index in [9.17, 15) is 14.4 Å². The zero-order valence-corrected chi connectivity index (χ0v) is 19.3. The van der Waals surface area contributed by atoms with E-state index < -0.39 is 11.8 Å². The quantitative estimate of drug-likeness (QED) is 0.269. The summed E-state index contributed by atoms with van der Waals surface area (Å²) in [5, 5.41) is 5.90. The van der Waals surface area contributed by atoms with Gasteiger partial charge >= 0.3 is 5.97 Å². The fourth-order valence-corrected chi connectivity index (χ4v) is 3.65. The first-order chi connectivity index (χ1) is 16.0. The molecule has 0 saturated heterocycles. The van der Waals surface area contributed by atoms with Crippen molar-refractivity contribution in [3.63, 3.8) is 0 Å². The molecule has 0 saturated carbocycles. The van der Waals surface area contributed by atoms with Gasteiger partial charge in [-0.15, -0.1) is 11.8 Å². The molecule has 0 aliphatic rings. The minimum Gasteiger partial charge on any atom is -0.468 e. The van der Waals surface area contributed by atoms with Crippen molar-refractivity contribution in [3.05, 3.63) is 101 Å². The van der Waals surface area contributed by atoms with E-state index in [0.29, 0.717) is 21.8 Å². The number of halogens is 1. The lowest BCUT2D eigenvalue weighted by Gasteiger charge is -2.12. The van der Waals surface area contributed by atoms with Gasteiger partial charge in [0.1, 0.15) is 5.70 Å². The summed E-state index contributed by atoms with van der Waals surface area (Å²) >= 11 is 7.57. The van der Waals surface area contributed by atoms with Crippen LogP contribution in [0.4, 0.5) is 5.69 Å². The molecule has 3 aromatic rings. The van der Waals surface area contributed by atoms with Gasteiger partial charge in [-0.1, -0.05) is 48.0 Å². The van der Waals surface area contributed by atoms with Crippen molar-refractivity contribution in [1.29, 1.82) is 0 Å². The van der Waals surface area contributed by atoms with E-state index in [1.807, 2.05) is 0 Å². The second-order valence-electron chi connectivity index (χ2n) is 6.74. The Morgan fingerprint density at radius 3 is 2.27 bits per heavy atom. The van der Waals surface area contributed by atoms with Crippen molar-refractivity contribution < 1.29 is 19.1 Å². The molecule has 0 unspecified atom stereocenters. The van der Waals surface area contributed by atoms with Crippen LogP contribution >= 0.6 is 23.4 Å². The Kier molecular flexibility index (Phi) is 8.69. The fourth-order valence-electron chi connectivity index (χ4n) is 2.72. The molecule has 0 heterocycles. The molecule has 33 heavy (non-hydrogen) atoms. The summed E-state index contributed by atoms with van der Waals surface area (Å²) in [5.74, 6) is -1.05. The number of carbonyl (C=O) groups is 3. The van der Waals surface area contributed by atoms with Gasteiger partial charge in [-0.2, -0.15) is 0 Å². The average Bonchev–Trinajstić information content (AvgIpc) is 2.84. The lowest BCUT2D eigenvalue weighted by Crippen LogP contribution is -2.30. The molecule has 0 aromatic heterocycles. The maximum Gasteiger partial charge on any atom is 0.315 e. The fraction of sp³-hybridized carbons (Fsp3) is 0.0800. The van der Waals surface area contributed by atoms with E-state index in [4.69, 9.17) is 11.6 Å². The summed E-state index contributed by atoms with van der Waals surface area (Å²) in [7, 11) is 1.34. The second kappa shape index (κ2) is 11.9. The molecule has 8 heteroatoms. The van der Waals surface area contributed by atoms with E-state index >= 15 is 0 Å². The lowest BCUT2D eigenvalue weighted by atomic mass is 10.1. The van der Waals surface area contributed by atoms with Gasteiger partial charge in [0.05, 0.1) is 12.9 Å². The molecule has 6 nitrogen and oxygen atoms in total. The number of ether oxygens (including phenoxy) is 1. The third kappa shape index (κ3) is 7.24. The molecule has 3 aromatic carbocycles. The number of methoxy groups -OCH3 is 1. The minimum absolute atomic E-state index is 0.0427. The number of nitrogens with one attached hydrogen (secondary N) is 2. The van der Waals surface area contributed by atoms with Crippen LogP contribution in [0, 0.1) is 0 Å². The highest BCUT2D eigenvalue weighted by Crippen LogP contribution is 2.22. The molecule has 0 atom stereocenters. The summed E-state index contributed by atoms with van der Waals surface area (Å²) in [5.41, 5.74) is 1.58. The van der Waals surface area contributed by atoms with E-state index in [0.717, 1.165) is 4.90 Å². The maximum atomic E-state index is 13.0. The molecule has 3 rings (SSSR count). The molecule has 2 amide bonds. The summed E-state index contributed by atoms with van der Waals surface area (Å²) in [4.78, 5) is 37.8. The number of amides is 2. The molecule has 2 N–H and O–H groups in total. The van der Waals surface area contributed by atoms with Crippen LogP contribution in [0.15, 0.2) is 89.5 Å². The first kappa shape index (κ1) is 24.1. The predicted octanol–water partition coefficient (Wildman–Crippen LogP) is 5.01. The number of thioether (sulfide) groups is 1. The van der Waals surface area contributed by atoms with Gasteiger partial charge in [-0.05, 0) is 54.1 Å². The molecule has 0 aliphatic carbocycles. The Hall–Kier alpha value is -3.55. The Bertz CT molecular complexity index is 1160. The van der Waals surface area contributed by atoms with Crippen molar-refractivity contribution in [2.24, 2.45) is 0 Å². The van der Waals surface area contributed by atoms with E-state index in [1.54, 1.807) is 78.9 Å². The Balaban J connectivity index is 1.78. The molecule has 168 valence electrons. The monoisotopic (exact) mass is 480 g/mol. The standard InChI is InChI=1S/C25H21ClN2O4S/c1-32-23(29)16-33-20-13-11-19(12-14-20)27-25(31)22(15-18-9-5-6-10-21(18)26)28-24(30)17-7-3-2-4-8-17/h2-15H,16H2,1H3,(H,27,31)(H,28,30)/b22-15-. The Labute approximate surface area is 201 Å². The largest absolute Gasteiger partial charge is 0.468 e. The number of hydrogen-bond donors (Lipinski definition) is 2. The molecular weight excluding hydrogens is 460 g/mol. The van der Waals surface area contributed by atoms with Gasteiger partial charge in [0.15, 0.2) is 0 Å². The van der Waals surface area contributed by atoms with Crippen LogP contribution < -0.4 is 10.6 Å². The number of anilines is 1. The highest BCUT2D eigenvalue weighted by molar-refractivity contribution is 8.00. The second-order valence-corrected chi connectivity index (χ2v) is 8.20. The molecular formula is C25H21ClN2O4S. The van der Waals surface area contributed by atoms with Crippen LogP contribution in [0.3, 0.4) is 0 Å². The maximum absolute atomic E-state index is 13.0. The lowest BCUT2D eigenvalue weighted by molar-refractivity contribution is -0.137. The first-order valence-electron chi connectivity index (χ1n) is 9.90. The van der Waals surface area contributed by atoms with Crippen LogP contribution in [0.1, 0.15) is 15.9 Å². The zero-order valence-electron chi connectivity index (χ0n) is 17.7. The van der Waals surface area contributed by atoms with Gasteiger partial charge in [0, 0.05) is 21.2 Å². The minimum atomic E-state index is -0.505. The zero-order chi connectivity index (χ0) is 23.6. The highest BCUT2D eigenvalue weighted by atomic mass is 35.5.